The van der Waals surface area contributed by atoms with Crippen LogP contribution in [-0.2, 0) is 0 Å². The number of carbonyl (C=O) groups excluding carboxylic acids is 1. The summed E-state index contributed by atoms with van der Waals surface area (Å²) in [6, 6.07) is 16.3. The minimum Gasteiger partial charge on any atom is -0.491 e. The zero-order chi connectivity index (χ0) is 15.9. The summed E-state index contributed by atoms with van der Waals surface area (Å²) in [6.07, 6.45) is 3.32. The van der Waals surface area contributed by atoms with E-state index in [1.165, 1.54) is 6.08 Å². The SMILES string of the molecule is CC(C)Oc1ccc(C(=O)/C=C/c2cccc(C#N)c2)cc1. The Kier molecular flexibility index (Phi) is 5.11. The van der Waals surface area contributed by atoms with Gasteiger partial charge in [-0.3, -0.25) is 4.79 Å². The summed E-state index contributed by atoms with van der Waals surface area (Å²) in [5.74, 6) is 0.663. The molecule has 2 aromatic rings. The van der Waals surface area contributed by atoms with Gasteiger partial charge in [0.1, 0.15) is 5.75 Å². The molecule has 0 saturated carbocycles. The third kappa shape index (κ3) is 4.32. The van der Waals surface area contributed by atoms with E-state index in [1.54, 1.807) is 48.5 Å². The van der Waals surface area contributed by atoms with Crippen molar-refractivity contribution in [3.05, 3.63) is 71.3 Å². The molecule has 2 aromatic carbocycles. The number of allylic oxidation sites excluding steroid dienone is 1. The zero-order valence-corrected chi connectivity index (χ0v) is 12.6. The Balaban J connectivity index is 2.08. The highest BCUT2D eigenvalue weighted by atomic mass is 16.5. The molecule has 3 heteroatoms. The average molecular weight is 291 g/mol. The third-order valence-electron chi connectivity index (χ3n) is 2.95. The third-order valence-corrected chi connectivity index (χ3v) is 2.95. The van der Waals surface area contributed by atoms with E-state index in [2.05, 4.69) is 6.07 Å². The Morgan fingerprint density at radius 1 is 1.18 bits per heavy atom. The van der Waals surface area contributed by atoms with Crippen LogP contribution in [0.2, 0.25) is 0 Å². The van der Waals surface area contributed by atoms with Crippen LogP contribution < -0.4 is 4.74 Å². The fourth-order valence-electron chi connectivity index (χ4n) is 1.95. The standard InChI is InChI=1S/C19H17NO2/c1-14(2)22-18-9-7-17(8-10-18)19(21)11-6-15-4-3-5-16(12-15)13-20/h3-12,14H,1-2H3/b11-6+. The van der Waals surface area contributed by atoms with Crippen LogP contribution in [-0.4, -0.2) is 11.9 Å². The Morgan fingerprint density at radius 2 is 1.91 bits per heavy atom. The van der Waals surface area contributed by atoms with Gasteiger partial charge in [-0.1, -0.05) is 18.2 Å². The average Bonchev–Trinajstić information content (AvgIpc) is 2.53. The molecule has 0 atom stereocenters. The maximum absolute atomic E-state index is 12.1. The van der Waals surface area contributed by atoms with Gasteiger partial charge in [0.05, 0.1) is 17.7 Å². The van der Waals surface area contributed by atoms with Gasteiger partial charge in [-0.15, -0.1) is 0 Å². The molecule has 0 aromatic heterocycles. The van der Waals surface area contributed by atoms with Crippen LogP contribution >= 0.6 is 0 Å². The molecule has 0 heterocycles. The van der Waals surface area contributed by atoms with Crippen molar-refractivity contribution in [1.82, 2.24) is 0 Å². The Hall–Kier alpha value is -2.86. The Bertz CT molecular complexity index is 722. The first-order valence-electron chi connectivity index (χ1n) is 7.08. The van der Waals surface area contributed by atoms with Gasteiger partial charge in [0.15, 0.2) is 5.78 Å². The predicted molar refractivity (Wildman–Crippen MR) is 86.7 cm³/mol. The van der Waals surface area contributed by atoms with E-state index >= 15 is 0 Å². The lowest BCUT2D eigenvalue weighted by Crippen LogP contribution is -2.05. The van der Waals surface area contributed by atoms with E-state index in [0.717, 1.165) is 11.3 Å². The minimum atomic E-state index is -0.0848. The number of ketones is 1. The van der Waals surface area contributed by atoms with Gasteiger partial charge >= 0.3 is 0 Å². The Labute approximate surface area is 130 Å². The van der Waals surface area contributed by atoms with Crippen molar-refractivity contribution in [1.29, 1.82) is 5.26 Å². The van der Waals surface area contributed by atoms with Gasteiger partial charge < -0.3 is 4.74 Å². The highest BCUT2D eigenvalue weighted by Crippen LogP contribution is 2.15. The topological polar surface area (TPSA) is 50.1 Å². The molecule has 0 aliphatic carbocycles. The summed E-state index contributed by atoms with van der Waals surface area (Å²) in [5.41, 5.74) is 2.00. The highest BCUT2D eigenvalue weighted by Gasteiger charge is 2.03. The molecule has 0 aliphatic rings. The molecule has 0 spiro atoms. The Morgan fingerprint density at radius 3 is 2.55 bits per heavy atom. The molecule has 110 valence electrons. The lowest BCUT2D eigenvalue weighted by molar-refractivity contribution is 0.104. The van der Waals surface area contributed by atoms with Gasteiger partial charge in [-0.05, 0) is 61.9 Å². The summed E-state index contributed by atoms with van der Waals surface area (Å²) in [4.78, 5) is 12.1. The first kappa shape index (κ1) is 15.5. The normalized spacial score (nSPS) is 10.6. The maximum Gasteiger partial charge on any atom is 0.185 e. The molecule has 0 radical (unpaired) electrons. The van der Waals surface area contributed by atoms with E-state index in [9.17, 15) is 4.79 Å². The number of benzene rings is 2. The van der Waals surface area contributed by atoms with Crippen LogP contribution in [0.4, 0.5) is 0 Å². The van der Waals surface area contributed by atoms with Crippen LogP contribution in [0.5, 0.6) is 5.75 Å². The second kappa shape index (κ2) is 7.24. The summed E-state index contributed by atoms with van der Waals surface area (Å²) in [6.45, 7) is 3.91. The fraction of sp³-hybridized carbons (Fsp3) is 0.158. The van der Waals surface area contributed by atoms with E-state index < -0.39 is 0 Å². The fourth-order valence-corrected chi connectivity index (χ4v) is 1.95. The van der Waals surface area contributed by atoms with E-state index in [-0.39, 0.29) is 11.9 Å². The number of carbonyl (C=O) groups is 1. The largest absolute Gasteiger partial charge is 0.491 e. The van der Waals surface area contributed by atoms with Crippen LogP contribution in [0, 0.1) is 11.3 Å². The number of nitriles is 1. The van der Waals surface area contributed by atoms with Gasteiger partial charge in [0.25, 0.3) is 0 Å². The first-order chi connectivity index (χ1) is 10.6. The van der Waals surface area contributed by atoms with Crippen molar-refractivity contribution in [3.8, 4) is 11.8 Å². The van der Waals surface area contributed by atoms with Crippen molar-refractivity contribution in [2.75, 3.05) is 0 Å². The molecule has 2 rings (SSSR count). The second-order valence-corrected chi connectivity index (χ2v) is 5.13. The highest BCUT2D eigenvalue weighted by molar-refractivity contribution is 6.06. The summed E-state index contributed by atoms with van der Waals surface area (Å²) >= 11 is 0. The molecule has 0 unspecified atom stereocenters. The number of hydrogen-bond donors (Lipinski definition) is 0. The molecule has 0 N–H and O–H groups in total. The molecular weight excluding hydrogens is 274 g/mol. The maximum atomic E-state index is 12.1. The van der Waals surface area contributed by atoms with Crippen molar-refractivity contribution in [2.24, 2.45) is 0 Å². The lowest BCUT2D eigenvalue weighted by atomic mass is 10.1. The summed E-state index contributed by atoms with van der Waals surface area (Å²) in [7, 11) is 0. The molecule has 0 fully saturated rings. The summed E-state index contributed by atoms with van der Waals surface area (Å²) < 4.78 is 5.54. The molecule has 0 amide bonds. The zero-order valence-electron chi connectivity index (χ0n) is 12.6. The van der Waals surface area contributed by atoms with Gasteiger partial charge in [0, 0.05) is 5.56 Å². The monoisotopic (exact) mass is 291 g/mol. The smallest absolute Gasteiger partial charge is 0.185 e. The molecule has 22 heavy (non-hydrogen) atoms. The van der Waals surface area contributed by atoms with Gasteiger partial charge in [-0.25, -0.2) is 0 Å². The molecule has 0 bridgehead atoms. The quantitative estimate of drug-likeness (QED) is 0.611. The van der Waals surface area contributed by atoms with Crippen LogP contribution in [0.3, 0.4) is 0 Å². The molecule has 3 nitrogen and oxygen atoms in total. The molecule has 0 saturated heterocycles. The van der Waals surface area contributed by atoms with Crippen LogP contribution in [0.25, 0.3) is 6.08 Å². The van der Waals surface area contributed by atoms with E-state index in [4.69, 9.17) is 10.00 Å². The van der Waals surface area contributed by atoms with Crippen molar-refractivity contribution in [3.63, 3.8) is 0 Å². The van der Waals surface area contributed by atoms with Crippen molar-refractivity contribution >= 4 is 11.9 Å². The number of ether oxygens (including phenoxy) is 1. The van der Waals surface area contributed by atoms with Crippen molar-refractivity contribution < 1.29 is 9.53 Å². The number of nitrogens with zero attached hydrogens (tertiary/aromatic N) is 1. The van der Waals surface area contributed by atoms with Crippen LogP contribution in [0.1, 0.15) is 35.3 Å². The lowest BCUT2D eigenvalue weighted by Gasteiger charge is -2.09. The number of rotatable bonds is 5. The second-order valence-electron chi connectivity index (χ2n) is 5.13. The minimum absolute atomic E-state index is 0.0848. The number of hydrogen-bond acceptors (Lipinski definition) is 3. The van der Waals surface area contributed by atoms with E-state index in [0.29, 0.717) is 11.1 Å². The predicted octanol–water partition coefficient (Wildman–Crippen LogP) is 4.24. The van der Waals surface area contributed by atoms with Gasteiger partial charge in [0.2, 0.25) is 0 Å². The van der Waals surface area contributed by atoms with E-state index in [1.807, 2.05) is 19.9 Å². The first-order valence-corrected chi connectivity index (χ1v) is 7.08. The molecule has 0 aliphatic heterocycles. The summed E-state index contributed by atoms with van der Waals surface area (Å²) in [5, 5.41) is 8.85. The van der Waals surface area contributed by atoms with Gasteiger partial charge in [-0.2, -0.15) is 5.26 Å². The van der Waals surface area contributed by atoms with Crippen LogP contribution in [0.15, 0.2) is 54.6 Å². The van der Waals surface area contributed by atoms with Crippen molar-refractivity contribution in [2.45, 2.75) is 20.0 Å². The molecular formula is C19H17NO2.